The molecule has 122 valence electrons. The molecule has 0 saturated carbocycles. The number of nitrogens with one attached hydrogen (secondary N) is 1. The van der Waals surface area contributed by atoms with Gasteiger partial charge in [-0.3, -0.25) is 4.79 Å². The fraction of sp³-hybridized carbons (Fsp3) is 0.333. The predicted octanol–water partition coefficient (Wildman–Crippen LogP) is 2.84. The summed E-state index contributed by atoms with van der Waals surface area (Å²) < 4.78 is 0. The van der Waals surface area contributed by atoms with Crippen molar-refractivity contribution in [3.8, 4) is 6.07 Å². The Kier molecular flexibility index (Phi) is 4.71. The standard InChI is InChI=1S/C18H19N5O/c1-13-3-2-10-23(12-13)18-20-9-8-16(22-18)17(24)21-15-6-4-14(11-19)5-7-15/h4-9,13H,2-3,10,12H2,1H3,(H,21,24). The fourth-order valence-electron chi connectivity index (χ4n) is 2.82. The molecule has 0 bridgehead atoms. The molecule has 2 aromatic rings. The monoisotopic (exact) mass is 321 g/mol. The second-order valence-corrected chi connectivity index (χ2v) is 6.08. The number of carbonyl (C=O) groups excluding carboxylic acids is 1. The number of nitrogens with zero attached hydrogens (tertiary/aromatic N) is 4. The first kappa shape index (κ1) is 15.9. The molecule has 1 aliphatic rings. The summed E-state index contributed by atoms with van der Waals surface area (Å²) in [5, 5.41) is 11.6. The van der Waals surface area contributed by atoms with Crippen molar-refractivity contribution in [3.05, 3.63) is 47.8 Å². The first-order valence-electron chi connectivity index (χ1n) is 8.05. The topological polar surface area (TPSA) is 81.9 Å². The number of nitriles is 1. The van der Waals surface area contributed by atoms with Crippen LogP contribution >= 0.6 is 0 Å². The zero-order valence-corrected chi connectivity index (χ0v) is 13.6. The second-order valence-electron chi connectivity index (χ2n) is 6.08. The van der Waals surface area contributed by atoms with Gasteiger partial charge in [0.1, 0.15) is 5.69 Å². The quantitative estimate of drug-likeness (QED) is 0.940. The summed E-state index contributed by atoms with van der Waals surface area (Å²) in [6.45, 7) is 4.05. The lowest BCUT2D eigenvalue weighted by molar-refractivity contribution is 0.102. The number of hydrogen-bond acceptors (Lipinski definition) is 5. The van der Waals surface area contributed by atoms with E-state index in [-0.39, 0.29) is 5.91 Å². The number of aromatic nitrogens is 2. The van der Waals surface area contributed by atoms with E-state index in [0.29, 0.717) is 28.8 Å². The lowest BCUT2D eigenvalue weighted by Gasteiger charge is -2.30. The third kappa shape index (κ3) is 3.69. The Balaban J connectivity index is 1.72. The van der Waals surface area contributed by atoms with Crippen LogP contribution in [-0.4, -0.2) is 29.0 Å². The summed E-state index contributed by atoms with van der Waals surface area (Å²) >= 11 is 0. The van der Waals surface area contributed by atoms with Crippen LogP contribution in [0.5, 0.6) is 0 Å². The molecule has 6 heteroatoms. The molecule has 2 heterocycles. The molecule has 0 spiro atoms. The average Bonchev–Trinajstić information content (AvgIpc) is 2.62. The van der Waals surface area contributed by atoms with Crippen LogP contribution in [0, 0.1) is 17.2 Å². The van der Waals surface area contributed by atoms with Gasteiger partial charge in [0.2, 0.25) is 5.95 Å². The van der Waals surface area contributed by atoms with Crippen LogP contribution in [0.4, 0.5) is 11.6 Å². The highest BCUT2D eigenvalue weighted by Crippen LogP contribution is 2.20. The largest absolute Gasteiger partial charge is 0.341 e. The molecule has 24 heavy (non-hydrogen) atoms. The minimum absolute atomic E-state index is 0.284. The summed E-state index contributed by atoms with van der Waals surface area (Å²) in [5.41, 5.74) is 1.52. The first-order chi connectivity index (χ1) is 11.7. The predicted molar refractivity (Wildman–Crippen MR) is 91.8 cm³/mol. The molecule has 1 amide bonds. The number of anilines is 2. The maximum atomic E-state index is 12.4. The zero-order valence-electron chi connectivity index (χ0n) is 13.6. The van der Waals surface area contributed by atoms with Crippen molar-refractivity contribution in [2.24, 2.45) is 5.92 Å². The minimum atomic E-state index is -0.284. The third-order valence-electron chi connectivity index (χ3n) is 4.09. The Bertz CT molecular complexity index is 766. The summed E-state index contributed by atoms with van der Waals surface area (Å²) in [7, 11) is 0. The molecule has 1 aliphatic heterocycles. The van der Waals surface area contributed by atoms with Gasteiger partial charge in [0.15, 0.2) is 0 Å². The highest BCUT2D eigenvalue weighted by molar-refractivity contribution is 6.02. The number of piperidine rings is 1. The smallest absolute Gasteiger partial charge is 0.274 e. The van der Waals surface area contributed by atoms with Gasteiger partial charge in [0.25, 0.3) is 5.91 Å². The zero-order chi connectivity index (χ0) is 16.9. The van der Waals surface area contributed by atoms with Gasteiger partial charge in [-0.05, 0) is 49.1 Å². The average molecular weight is 321 g/mol. The van der Waals surface area contributed by atoms with Gasteiger partial charge in [-0.2, -0.15) is 5.26 Å². The summed E-state index contributed by atoms with van der Waals surface area (Å²) in [5.74, 6) is 0.931. The molecule has 0 radical (unpaired) electrons. The van der Waals surface area contributed by atoms with Crippen LogP contribution in [0.1, 0.15) is 35.8 Å². The Morgan fingerprint density at radius 1 is 1.33 bits per heavy atom. The molecule has 1 unspecified atom stereocenters. The van der Waals surface area contributed by atoms with E-state index < -0.39 is 0 Å². The van der Waals surface area contributed by atoms with Gasteiger partial charge in [0, 0.05) is 25.0 Å². The number of hydrogen-bond donors (Lipinski definition) is 1. The van der Waals surface area contributed by atoms with Gasteiger partial charge >= 0.3 is 0 Å². The molecule has 1 fully saturated rings. The molecule has 1 atom stereocenters. The number of benzene rings is 1. The summed E-state index contributed by atoms with van der Waals surface area (Å²) in [6, 6.07) is 10.4. The van der Waals surface area contributed by atoms with Crippen LogP contribution in [0.2, 0.25) is 0 Å². The van der Waals surface area contributed by atoms with E-state index in [0.717, 1.165) is 19.5 Å². The Morgan fingerprint density at radius 2 is 2.12 bits per heavy atom. The van der Waals surface area contributed by atoms with Gasteiger partial charge in [-0.15, -0.1) is 0 Å². The van der Waals surface area contributed by atoms with Crippen molar-refractivity contribution in [3.63, 3.8) is 0 Å². The van der Waals surface area contributed by atoms with E-state index in [1.165, 1.54) is 6.42 Å². The Morgan fingerprint density at radius 3 is 2.83 bits per heavy atom. The molecule has 0 aliphatic carbocycles. The van der Waals surface area contributed by atoms with Crippen molar-refractivity contribution in [2.45, 2.75) is 19.8 Å². The van der Waals surface area contributed by atoms with Crippen LogP contribution in [-0.2, 0) is 0 Å². The highest BCUT2D eigenvalue weighted by atomic mass is 16.1. The molecule has 1 saturated heterocycles. The van der Waals surface area contributed by atoms with Gasteiger partial charge in [-0.25, -0.2) is 9.97 Å². The Labute approximate surface area is 141 Å². The van der Waals surface area contributed by atoms with Crippen molar-refractivity contribution < 1.29 is 4.79 Å². The maximum absolute atomic E-state index is 12.4. The number of carbonyl (C=O) groups is 1. The fourth-order valence-corrected chi connectivity index (χ4v) is 2.82. The Hall–Kier alpha value is -2.94. The second kappa shape index (κ2) is 7.09. The van der Waals surface area contributed by atoms with E-state index in [9.17, 15) is 4.79 Å². The van der Waals surface area contributed by atoms with E-state index in [2.05, 4.69) is 27.1 Å². The van der Waals surface area contributed by atoms with Crippen LogP contribution in [0.3, 0.4) is 0 Å². The van der Waals surface area contributed by atoms with E-state index in [1.54, 1.807) is 36.5 Å². The third-order valence-corrected chi connectivity index (χ3v) is 4.09. The van der Waals surface area contributed by atoms with Crippen molar-refractivity contribution >= 4 is 17.5 Å². The van der Waals surface area contributed by atoms with Gasteiger partial charge in [0.05, 0.1) is 11.6 Å². The lowest BCUT2D eigenvalue weighted by Crippen LogP contribution is -2.35. The van der Waals surface area contributed by atoms with Gasteiger partial charge in [-0.1, -0.05) is 6.92 Å². The van der Waals surface area contributed by atoms with Crippen LogP contribution < -0.4 is 10.2 Å². The van der Waals surface area contributed by atoms with Crippen LogP contribution in [0.25, 0.3) is 0 Å². The molecule has 1 aromatic carbocycles. The SMILES string of the molecule is CC1CCCN(c2nccc(C(=O)Nc3ccc(C#N)cc3)n2)C1. The molecule has 3 rings (SSSR count). The van der Waals surface area contributed by atoms with E-state index >= 15 is 0 Å². The van der Waals surface area contributed by atoms with E-state index in [1.807, 2.05) is 6.07 Å². The van der Waals surface area contributed by atoms with Crippen molar-refractivity contribution in [1.82, 2.24) is 9.97 Å². The van der Waals surface area contributed by atoms with Crippen molar-refractivity contribution in [1.29, 1.82) is 5.26 Å². The highest BCUT2D eigenvalue weighted by Gasteiger charge is 2.19. The van der Waals surface area contributed by atoms with E-state index in [4.69, 9.17) is 5.26 Å². The van der Waals surface area contributed by atoms with Crippen molar-refractivity contribution in [2.75, 3.05) is 23.3 Å². The number of rotatable bonds is 3. The molecule has 1 aromatic heterocycles. The maximum Gasteiger partial charge on any atom is 0.274 e. The normalized spacial score (nSPS) is 17.2. The molecule has 1 N–H and O–H groups in total. The first-order valence-corrected chi connectivity index (χ1v) is 8.05. The molecular weight excluding hydrogens is 302 g/mol. The van der Waals surface area contributed by atoms with Crippen LogP contribution in [0.15, 0.2) is 36.5 Å². The molecule has 6 nitrogen and oxygen atoms in total. The number of amides is 1. The minimum Gasteiger partial charge on any atom is -0.341 e. The summed E-state index contributed by atoms with van der Waals surface area (Å²) in [6.07, 6.45) is 3.96. The molecular formula is C18H19N5O. The summed E-state index contributed by atoms with van der Waals surface area (Å²) in [4.78, 5) is 23.2. The van der Waals surface area contributed by atoms with Gasteiger partial charge < -0.3 is 10.2 Å². The lowest BCUT2D eigenvalue weighted by atomic mass is 10.0.